The van der Waals surface area contributed by atoms with Crippen molar-refractivity contribution in [3.8, 4) is 0 Å². The van der Waals surface area contributed by atoms with Crippen molar-refractivity contribution in [2.45, 2.75) is 52.1 Å². The van der Waals surface area contributed by atoms with E-state index in [1.54, 1.807) is 0 Å². The Hall–Kier alpha value is -1.88. The first-order chi connectivity index (χ1) is 11.6. The maximum atomic E-state index is 12.4. The second kappa shape index (κ2) is 9.42. The number of hydrogen-bond acceptors (Lipinski definition) is 3. The Balaban J connectivity index is 1.73. The molecule has 1 aliphatic rings. The molecule has 1 saturated heterocycles. The van der Waals surface area contributed by atoms with E-state index in [0.717, 1.165) is 38.8 Å². The third-order valence-corrected chi connectivity index (χ3v) is 4.41. The van der Waals surface area contributed by atoms with Crippen LogP contribution in [0.5, 0.6) is 0 Å². The Labute approximate surface area is 144 Å². The number of amides is 2. The van der Waals surface area contributed by atoms with Crippen molar-refractivity contribution >= 4 is 11.8 Å². The minimum Gasteiger partial charge on any atom is -0.356 e. The van der Waals surface area contributed by atoms with Crippen LogP contribution in [0.4, 0.5) is 0 Å². The molecular formula is C19H29N3O2. The first-order valence-corrected chi connectivity index (χ1v) is 8.88. The van der Waals surface area contributed by atoms with Crippen molar-refractivity contribution in [2.75, 3.05) is 19.6 Å². The molecule has 0 aliphatic carbocycles. The third-order valence-electron chi connectivity index (χ3n) is 4.41. The summed E-state index contributed by atoms with van der Waals surface area (Å²) in [6.07, 6.45) is 3.78. The van der Waals surface area contributed by atoms with E-state index in [-0.39, 0.29) is 17.9 Å². The molecule has 132 valence electrons. The van der Waals surface area contributed by atoms with Crippen LogP contribution in [-0.2, 0) is 16.1 Å². The molecule has 1 aromatic carbocycles. The van der Waals surface area contributed by atoms with Crippen LogP contribution in [-0.4, -0.2) is 42.4 Å². The number of benzene rings is 1. The van der Waals surface area contributed by atoms with E-state index >= 15 is 0 Å². The van der Waals surface area contributed by atoms with Crippen LogP contribution < -0.4 is 10.6 Å². The largest absolute Gasteiger partial charge is 0.356 e. The standard InChI is InChI=1S/C19H29N3O2/c1-15-7-5-8-17(13-15)14-22-12-6-9-18(22)19(24)21-11-4-3-10-20-16(2)23/h5,7-8,13,18H,3-4,6,9-12,14H2,1-2H3,(H,20,23)(H,21,24). The van der Waals surface area contributed by atoms with Crippen LogP contribution in [0.3, 0.4) is 0 Å². The van der Waals surface area contributed by atoms with Gasteiger partial charge in [0.15, 0.2) is 0 Å². The van der Waals surface area contributed by atoms with E-state index in [1.165, 1.54) is 18.1 Å². The summed E-state index contributed by atoms with van der Waals surface area (Å²) in [5.74, 6) is 0.136. The molecule has 5 heteroatoms. The molecule has 1 atom stereocenters. The SMILES string of the molecule is CC(=O)NCCCCNC(=O)C1CCCN1Cc1cccc(C)c1. The number of carbonyl (C=O) groups excluding carboxylic acids is 2. The zero-order chi connectivity index (χ0) is 17.4. The predicted octanol–water partition coefficient (Wildman–Crippen LogP) is 1.99. The van der Waals surface area contributed by atoms with Gasteiger partial charge in [0, 0.05) is 26.6 Å². The fraction of sp³-hybridized carbons (Fsp3) is 0.579. The van der Waals surface area contributed by atoms with Crippen molar-refractivity contribution in [1.82, 2.24) is 15.5 Å². The van der Waals surface area contributed by atoms with Gasteiger partial charge < -0.3 is 10.6 Å². The van der Waals surface area contributed by atoms with Gasteiger partial charge in [-0.05, 0) is 44.7 Å². The summed E-state index contributed by atoms with van der Waals surface area (Å²) in [5, 5.41) is 5.81. The van der Waals surface area contributed by atoms with Crippen LogP contribution in [0.2, 0.25) is 0 Å². The number of likely N-dealkylation sites (tertiary alicyclic amines) is 1. The van der Waals surface area contributed by atoms with Crippen LogP contribution in [0.15, 0.2) is 24.3 Å². The smallest absolute Gasteiger partial charge is 0.237 e. The Bertz CT molecular complexity index is 559. The minimum atomic E-state index is -0.0131. The maximum Gasteiger partial charge on any atom is 0.237 e. The average molecular weight is 331 g/mol. The molecule has 0 spiro atoms. The zero-order valence-corrected chi connectivity index (χ0v) is 14.8. The van der Waals surface area contributed by atoms with Crippen molar-refractivity contribution in [1.29, 1.82) is 0 Å². The molecule has 5 nitrogen and oxygen atoms in total. The van der Waals surface area contributed by atoms with Gasteiger partial charge in [-0.25, -0.2) is 0 Å². The van der Waals surface area contributed by atoms with Crippen LogP contribution in [0, 0.1) is 6.92 Å². The van der Waals surface area contributed by atoms with E-state index in [2.05, 4.69) is 46.7 Å². The first-order valence-electron chi connectivity index (χ1n) is 8.88. The predicted molar refractivity (Wildman–Crippen MR) is 95.5 cm³/mol. The van der Waals surface area contributed by atoms with Crippen molar-refractivity contribution in [2.24, 2.45) is 0 Å². The molecule has 2 N–H and O–H groups in total. The topological polar surface area (TPSA) is 61.4 Å². The van der Waals surface area contributed by atoms with E-state index < -0.39 is 0 Å². The number of unbranched alkanes of at least 4 members (excludes halogenated alkanes) is 1. The summed E-state index contributed by atoms with van der Waals surface area (Å²) in [4.78, 5) is 25.5. The maximum absolute atomic E-state index is 12.4. The first kappa shape index (κ1) is 18.5. The molecule has 0 saturated carbocycles. The molecule has 1 fully saturated rings. The van der Waals surface area contributed by atoms with Gasteiger partial charge in [0.25, 0.3) is 0 Å². The second-order valence-corrected chi connectivity index (χ2v) is 6.60. The number of nitrogens with zero attached hydrogens (tertiary/aromatic N) is 1. The fourth-order valence-corrected chi connectivity index (χ4v) is 3.20. The lowest BCUT2D eigenvalue weighted by atomic mass is 10.1. The molecule has 24 heavy (non-hydrogen) atoms. The van der Waals surface area contributed by atoms with Gasteiger partial charge in [-0.3, -0.25) is 14.5 Å². The number of carbonyl (C=O) groups is 2. The number of hydrogen-bond donors (Lipinski definition) is 2. The van der Waals surface area contributed by atoms with E-state index in [4.69, 9.17) is 0 Å². The van der Waals surface area contributed by atoms with Crippen LogP contribution >= 0.6 is 0 Å². The van der Waals surface area contributed by atoms with Crippen LogP contribution in [0.25, 0.3) is 0 Å². The van der Waals surface area contributed by atoms with Crippen molar-refractivity contribution in [3.63, 3.8) is 0 Å². The van der Waals surface area contributed by atoms with Gasteiger partial charge in [-0.15, -0.1) is 0 Å². The van der Waals surface area contributed by atoms with Gasteiger partial charge in [0.2, 0.25) is 11.8 Å². The molecule has 1 aliphatic heterocycles. The molecule has 0 radical (unpaired) electrons. The Morgan fingerprint density at radius 2 is 1.96 bits per heavy atom. The zero-order valence-electron chi connectivity index (χ0n) is 14.8. The van der Waals surface area contributed by atoms with Gasteiger partial charge >= 0.3 is 0 Å². The highest BCUT2D eigenvalue weighted by molar-refractivity contribution is 5.82. The molecule has 2 amide bonds. The molecule has 1 aromatic rings. The van der Waals surface area contributed by atoms with Crippen LogP contribution in [0.1, 0.15) is 43.7 Å². The fourth-order valence-electron chi connectivity index (χ4n) is 3.20. The second-order valence-electron chi connectivity index (χ2n) is 6.60. The Morgan fingerprint density at radius 1 is 1.21 bits per heavy atom. The molecule has 0 aromatic heterocycles. The lowest BCUT2D eigenvalue weighted by molar-refractivity contribution is -0.125. The highest BCUT2D eigenvalue weighted by atomic mass is 16.2. The minimum absolute atomic E-state index is 0.00298. The summed E-state index contributed by atoms with van der Waals surface area (Å²) < 4.78 is 0. The summed E-state index contributed by atoms with van der Waals surface area (Å²) in [6, 6.07) is 8.47. The van der Waals surface area contributed by atoms with Crippen molar-refractivity contribution < 1.29 is 9.59 Å². The summed E-state index contributed by atoms with van der Waals surface area (Å²) >= 11 is 0. The van der Waals surface area contributed by atoms with E-state index in [1.807, 2.05) is 0 Å². The molecule has 1 unspecified atom stereocenters. The molecule has 1 heterocycles. The quantitative estimate of drug-likeness (QED) is 0.716. The van der Waals surface area contributed by atoms with Gasteiger partial charge in [-0.2, -0.15) is 0 Å². The number of nitrogens with one attached hydrogen (secondary N) is 2. The third kappa shape index (κ3) is 5.96. The lowest BCUT2D eigenvalue weighted by Crippen LogP contribution is -2.43. The van der Waals surface area contributed by atoms with E-state index in [9.17, 15) is 9.59 Å². The normalized spacial score (nSPS) is 17.7. The van der Waals surface area contributed by atoms with E-state index in [0.29, 0.717) is 13.1 Å². The van der Waals surface area contributed by atoms with Crippen molar-refractivity contribution in [3.05, 3.63) is 35.4 Å². The highest BCUT2D eigenvalue weighted by Crippen LogP contribution is 2.20. The van der Waals surface area contributed by atoms with Gasteiger partial charge in [-0.1, -0.05) is 29.8 Å². The number of rotatable bonds is 8. The number of aryl methyl sites for hydroxylation is 1. The summed E-state index contributed by atoms with van der Waals surface area (Å²) in [7, 11) is 0. The molecule has 0 bridgehead atoms. The molecular weight excluding hydrogens is 302 g/mol. The van der Waals surface area contributed by atoms with Gasteiger partial charge in [0.1, 0.15) is 0 Å². The monoisotopic (exact) mass is 331 g/mol. The van der Waals surface area contributed by atoms with Gasteiger partial charge in [0.05, 0.1) is 6.04 Å². The Morgan fingerprint density at radius 3 is 2.67 bits per heavy atom. The summed E-state index contributed by atoms with van der Waals surface area (Å²) in [6.45, 7) is 6.78. The highest BCUT2D eigenvalue weighted by Gasteiger charge is 2.30. The lowest BCUT2D eigenvalue weighted by Gasteiger charge is -2.24. The average Bonchev–Trinajstić information content (AvgIpc) is 2.98. The molecule has 2 rings (SSSR count). The Kier molecular flexibility index (Phi) is 7.25. The summed E-state index contributed by atoms with van der Waals surface area (Å²) in [5.41, 5.74) is 2.52.